The van der Waals surface area contributed by atoms with Crippen LogP contribution in [0.4, 0.5) is 5.69 Å². The van der Waals surface area contributed by atoms with Gasteiger partial charge in [0.15, 0.2) is 0 Å². The molecule has 27 heavy (non-hydrogen) atoms. The van der Waals surface area contributed by atoms with Gasteiger partial charge in [-0.3, -0.25) is 9.62 Å². The predicted molar refractivity (Wildman–Crippen MR) is 107 cm³/mol. The maximum absolute atomic E-state index is 12.8. The van der Waals surface area contributed by atoms with E-state index in [0.717, 1.165) is 42.7 Å². The molecule has 2 aromatic carbocycles. The topological polar surface area (TPSA) is 74.6 Å². The van der Waals surface area contributed by atoms with Crippen molar-refractivity contribution in [2.75, 3.05) is 30.9 Å². The van der Waals surface area contributed by atoms with Crippen molar-refractivity contribution in [2.45, 2.75) is 11.4 Å². The first-order valence-electron chi connectivity index (χ1n) is 8.73. The molecule has 0 spiro atoms. The van der Waals surface area contributed by atoms with E-state index in [1.54, 1.807) is 30.5 Å². The van der Waals surface area contributed by atoms with Gasteiger partial charge in [0.1, 0.15) is 10.5 Å². The molecular formula is C19H20ClN3O3S. The van der Waals surface area contributed by atoms with Crippen molar-refractivity contribution < 1.29 is 12.8 Å². The Bertz CT molecular complexity index is 1060. The Labute approximate surface area is 163 Å². The van der Waals surface area contributed by atoms with E-state index in [1.807, 2.05) is 12.1 Å². The lowest BCUT2D eigenvalue weighted by atomic mass is 10.1. The minimum Gasteiger partial charge on any atom is -0.464 e. The molecule has 0 amide bonds. The predicted octanol–water partition coefficient (Wildman–Crippen LogP) is 3.29. The van der Waals surface area contributed by atoms with E-state index in [0.29, 0.717) is 12.2 Å². The van der Waals surface area contributed by atoms with Gasteiger partial charge in [0, 0.05) is 43.7 Å². The third-order valence-electron chi connectivity index (χ3n) is 4.61. The first-order valence-corrected chi connectivity index (χ1v) is 10.6. The van der Waals surface area contributed by atoms with Crippen molar-refractivity contribution in [3.8, 4) is 0 Å². The Kier molecular flexibility index (Phi) is 5.10. The smallest absolute Gasteiger partial charge is 0.263 e. The van der Waals surface area contributed by atoms with Crippen LogP contribution < -0.4 is 10.0 Å². The van der Waals surface area contributed by atoms with Gasteiger partial charge in [0.2, 0.25) is 0 Å². The molecule has 1 fully saturated rings. The molecule has 1 aromatic heterocycles. The van der Waals surface area contributed by atoms with Crippen LogP contribution in [-0.2, 0) is 16.6 Å². The molecule has 6 nitrogen and oxygen atoms in total. The fourth-order valence-electron chi connectivity index (χ4n) is 3.32. The summed E-state index contributed by atoms with van der Waals surface area (Å²) in [7, 11) is -3.78. The summed E-state index contributed by atoms with van der Waals surface area (Å²) in [6, 6.07) is 11.8. The van der Waals surface area contributed by atoms with Gasteiger partial charge in [0.25, 0.3) is 10.0 Å². The monoisotopic (exact) mass is 405 g/mol. The van der Waals surface area contributed by atoms with Gasteiger partial charge in [-0.05, 0) is 30.3 Å². The summed E-state index contributed by atoms with van der Waals surface area (Å²) in [4.78, 5) is 2.38. The van der Waals surface area contributed by atoms with E-state index < -0.39 is 10.0 Å². The highest BCUT2D eigenvalue weighted by atomic mass is 35.5. The summed E-state index contributed by atoms with van der Waals surface area (Å²) >= 11 is 6.07. The van der Waals surface area contributed by atoms with Gasteiger partial charge in [-0.25, -0.2) is 8.42 Å². The first kappa shape index (κ1) is 18.3. The van der Waals surface area contributed by atoms with Crippen LogP contribution in [0.15, 0.2) is 58.0 Å². The second kappa shape index (κ2) is 7.52. The van der Waals surface area contributed by atoms with Crippen LogP contribution in [0.3, 0.4) is 0 Å². The second-order valence-electron chi connectivity index (χ2n) is 6.54. The SMILES string of the molecule is O=S(=O)(Nc1cc(CN2CCNCC2)c2occc2c1)c1ccccc1Cl. The molecule has 0 atom stereocenters. The van der Waals surface area contributed by atoms with Crippen molar-refractivity contribution in [1.82, 2.24) is 10.2 Å². The van der Waals surface area contributed by atoms with Gasteiger partial charge in [-0.1, -0.05) is 23.7 Å². The molecule has 142 valence electrons. The van der Waals surface area contributed by atoms with Gasteiger partial charge < -0.3 is 9.73 Å². The van der Waals surface area contributed by atoms with E-state index in [9.17, 15) is 8.42 Å². The lowest BCUT2D eigenvalue weighted by molar-refractivity contribution is 0.233. The van der Waals surface area contributed by atoms with Crippen molar-refractivity contribution in [3.05, 3.63) is 59.3 Å². The van der Waals surface area contributed by atoms with Crippen LogP contribution in [0.2, 0.25) is 5.02 Å². The van der Waals surface area contributed by atoms with Crippen LogP contribution >= 0.6 is 11.6 Å². The highest BCUT2D eigenvalue weighted by Gasteiger charge is 2.20. The zero-order valence-corrected chi connectivity index (χ0v) is 16.2. The molecule has 0 aliphatic carbocycles. The summed E-state index contributed by atoms with van der Waals surface area (Å²) in [5, 5.41) is 4.38. The molecule has 8 heteroatoms. The normalized spacial score (nSPS) is 15.9. The number of rotatable bonds is 5. The number of furan rings is 1. The summed E-state index contributed by atoms with van der Waals surface area (Å²) in [6.45, 7) is 4.48. The van der Waals surface area contributed by atoms with Crippen LogP contribution in [0, 0.1) is 0 Å². The Morgan fingerprint density at radius 1 is 1.15 bits per heavy atom. The molecule has 2 N–H and O–H groups in total. The number of anilines is 1. The van der Waals surface area contributed by atoms with Gasteiger partial charge in [-0.15, -0.1) is 0 Å². The average Bonchev–Trinajstić information content (AvgIpc) is 3.11. The minimum absolute atomic E-state index is 0.0580. The maximum Gasteiger partial charge on any atom is 0.263 e. The molecule has 0 radical (unpaired) electrons. The van der Waals surface area contributed by atoms with Crippen LogP contribution in [0.5, 0.6) is 0 Å². The zero-order valence-electron chi connectivity index (χ0n) is 14.6. The van der Waals surface area contributed by atoms with Gasteiger partial charge >= 0.3 is 0 Å². The fraction of sp³-hybridized carbons (Fsp3) is 0.263. The number of halogens is 1. The summed E-state index contributed by atoms with van der Waals surface area (Å²) < 4.78 is 33.8. The molecule has 1 aliphatic heterocycles. The quantitative estimate of drug-likeness (QED) is 0.681. The lowest BCUT2D eigenvalue weighted by Gasteiger charge is -2.27. The molecule has 2 heterocycles. The highest BCUT2D eigenvalue weighted by molar-refractivity contribution is 7.92. The second-order valence-corrected chi connectivity index (χ2v) is 8.59. The van der Waals surface area contributed by atoms with Gasteiger partial charge in [-0.2, -0.15) is 0 Å². The maximum atomic E-state index is 12.8. The lowest BCUT2D eigenvalue weighted by Crippen LogP contribution is -2.42. The first-order chi connectivity index (χ1) is 13.0. The zero-order chi connectivity index (χ0) is 18.9. The average molecular weight is 406 g/mol. The Morgan fingerprint density at radius 3 is 2.70 bits per heavy atom. The van der Waals surface area contributed by atoms with E-state index in [1.165, 1.54) is 6.07 Å². The molecular weight excluding hydrogens is 386 g/mol. The molecule has 0 unspecified atom stereocenters. The number of hydrogen-bond acceptors (Lipinski definition) is 5. The van der Waals surface area contributed by atoms with E-state index in [2.05, 4.69) is 14.9 Å². The van der Waals surface area contributed by atoms with E-state index >= 15 is 0 Å². The molecule has 3 aromatic rings. The molecule has 0 bridgehead atoms. The third kappa shape index (κ3) is 3.96. The number of fused-ring (bicyclic) bond motifs is 1. The minimum atomic E-state index is -3.78. The number of piperazine rings is 1. The Morgan fingerprint density at radius 2 is 1.93 bits per heavy atom. The molecule has 1 saturated heterocycles. The molecule has 4 rings (SSSR count). The standard InChI is InChI=1S/C19H20ClN3O3S/c20-17-3-1-2-4-18(17)27(24,25)22-16-11-14-5-10-26-19(14)15(12-16)13-23-8-6-21-7-9-23/h1-5,10-12,21-22H,6-9,13H2. The van der Waals surface area contributed by atoms with Crippen molar-refractivity contribution in [3.63, 3.8) is 0 Å². The summed E-state index contributed by atoms with van der Waals surface area (Å²) in [5.74, 6) is 0. The number of hydrogen-bond donors (Lipinski definition) is 2. The van der Waals surface area contributed by atoms with Crippen LogP contribution in [0.25, 0.3) is 11.0 Å². The van der Waals surface area contributed by atoms with Gasteiger partial charge in [0.05, 0.1) is 17.0 Å². The number of nitrogens with zero attached hydrogens (tertiary/aromatic N) is 1. The number of sulfonamides is 1. The number of benzene rings is 2. The summed E-state index contributed by atoms with van der Waals surface area (Å²) in [6.07, 6.45) is 1.62. The molecule has 1 aliphatic rings. The Balaban J connectivity index is 1.67. The largest absolute Gasteiger partial charge is 0.464 e. The van der Waals surface area contributed by atoms with Crippen molar-refractivity contribution >= 4 is 38.3 Å². The van der Waals surface area contributed by atoms with Crippen molar-refractivity contribution in [1.29, 1.82) is 0 Å². The fourth-order valence-corrected chi connectivity index (χ4v) is 4.88. The molecule has 0 saturated carbocycles. The van der Waals surface area contributed by atoms with E-state index in [4.69, 9.17) is 16.0 Å². The summed E-state index contributed by atoms with van der Waals surface area (Å²) in [5.41, 5.74) is 2.24. The Hall–Kier alpha value is -2.06. The highest BCUT2D eigenvalue weighted by Crippen LogP contribution is 2.29. The van der Waals surface area contributed by atoms with E-state index in [-0.39, 0.29) is 9.92 Å². The van der Waals surface area contributed by atoms with Crippen LogP contribution in [0.1, 0.15) is 5.56 Å². The van der Waals surface area contributed by atoms with Crippen LogP contribution in [-0.4, -0.2) is 39.5 Å². The van der Waals surface area contributed by atoms with Crippen molar-refractivity contribution in [2.24, 2.45) is 0 Å². The third-order valence-corrected chi connectivity index (χ3v) is 6.49. The number of nitrogens with one attached hydrogen (secondary N) is 2.